The zero-order valence-corrected chi connectivity index (χ0v) is 15.6. The van der Waals surface area contributed by atoms with Gasteiger partial charge < -0.3 is 5.73 Å². The van der Waals surface area contributed by atoms with Crippen molar-refractivity contribution in [3.63, 3.8) is 0 Å². The molecule has 0 saturated carbocycles. The van der Waals surface area contributed by atoms with Gasteiger partial charge >= 0.3 is 0 Å². The van der Waals surface area contributed by atoms with E-state index in [2.05, 4.69) is 20.9 Å². The fraction of sp³-hybridized carbons (Fsp3) is 0. The van der Waals surface area contributed by atoms with Crippen molar-refractivity contribution < 1.29 is 4.39 Å². The number of hydrogen-bond donors (Lipinski definition) is 1. The maximum absolute atomic E-state index is 13.5. The summed E-state index contributed by atoms with van der Waals surface area (Å²) in [5, 5.41) is 10.3. The Morgan fingerprint density at radius 2 is 1.84 bits per heavy atom. The molecule has 124 valence electrons. The van der Waals surface area contributed by atoms with Crippen molar-refractivity contribution in [1.29, 1.82) is 5.26 Å². The maximum Gasteiger partial charge on any atom is 0.142 e. The van der Waals surface area contributed by atoms with Crippen LogP contribution in [0.5, 0.6) is 0 Å². The van der Waals surface area contributed by atoms with E-state index in [0.717, 1.165) is 0 Å². The van der Waals surface area contributed by atoms with Crippen LogP contribution >= 0.6 is 39.1 Å². The van der Waals surface area contributed by atoms with Crippen LogP contribution in [-0.2, 0) is 0 Å². The summed E-state index contributed by atoms with van der Waals surface area (Å²) in [6, 6.07) is 13.2. The summed E-state index contributed by atoms with van der Waals surface area (Å²) in [6.45, 7) is 0. The maximum atomic E-state index is 13.5. The quantitative estimate of drug-likeness (QED) is 0.529. The molecule has 0 atom stereocenters. The highest BCUT2D eigenvalue weighted by atomic mass is 79.9. The van der Waals surface area contributed by atoms with Gasteiger partial charge in [0.15, 0.2) is 0 Å². The summed E-state index contributed by atoms with van der Waals surface area (Å²) in [4.78, 5) is 4.27. The highest BCUT2D eigenvalue weighted by Crippen LogP contribution is 2.35. The Morgan fingerprint density at radius 1 is 1.08 bits per heavy atom. The molecular weight excluding hydrogens is 428 g/mol. The van der Waals surface area contributed by atoms with Crippen molar-refractivity contribution in [2.24, 2.45) is 0 Å². The Hall–Kier alpha value is -2.13. The molecule has 0 bridgehead atoms. The molecule has 0 aliphatic heterocycles. The third-order valence-corrected chi connectivity index (χ3v) is 4.75. The Balaban J connectivity index is 2.26. The van der Waals surface area contributed by atoms with Crippen LogP contribution in [0.15, 0.2) is 46.9 Å². The standard InChI is InChI=1S/C18H9BrCl2FN3/c19-14-5-9(1-4-16(14)22)12-7-17(25-18(24)13(12)8-23)11-3-2-10(20)6-15(11)21/h1-7H,(H2,24,25). The number of anilines is 1. The fourth-order valence-corrected chi connectivity index (χ4v) is 3.29. The summed E-state index contributed by atoms with van der Waals surface area (Å²) in [5.74, 6) is -0.327. The Bertz CT molecular complexity index is 1030. The molecule has 7 heteroatoms. The molecule has 25 heavy (non-hydrogen) atoms. The van der Waals surface area contributed by atoms with Crippen LogP contribution < -0.4 is 5.73 Å². The van der Waals surface area contributed by atoms with Gasteiger partial charge in [-0.1, -0.05) is 29.3 Å². The summed E-state index contributed by atoms with van der Waals surface area (Å²) >= 11 is 15.3. The van der Waals surface area contributed by atoms with Crippen LogP contribution in [0.3, 0.4) is 0 Å². The van der Waals surface area contributed by atoms with E-state index in [0.29, 0.717) is 32.4 Å². The molecule has 0 radical (unpaired) electrons. The first-order valence-electron chi connectivity index (χ1n) is 7.02. The van der Waals surface area contributed by atoms with E-state index >= 15 is 0 Å². The summed E-state index contributed by atoms with van der Waals surface area (Å²) in [5.41, 5.74) is 8.47. The minimum absolute atomic E-state index is 0.0708. The number of nitrogen functional groups attached to an aromatic ring is 1. The number of nitrogens with zero attached hydrogens (tertiary/aromatic N) is 2. The van der Waals surface area contributed by atoms with Crippen LogP contribution in [0.4, 0.5) is 10.2 Å². The summed E-state index contributed by atoms with van der Waals surface area (Å²) < 4.78 is 13.8. The first-order chi connectivity index (χ1) is 11.9. The van der Waals surface area contributed by atoms with Gasteiger partial charge in [-0.15, -0.1) is 0 Å². The van der Waals surface area contributed by atoms with E-state index in [-0.39, 0.29) is 15.9 Å². The Labute approximate surface area is 162 Å². The third-order valence-electron chi connectivity index (χ3n) is 3.60. The first-order valence-corrected chi connectivity index (χ1v) is 8.57. The lowest BCUT2D eigenvalue weighted by Crippen LogP contribution is -2.00. The number of hydrogen-bond acceptors (Lipinski definition) is 3. The van der Waals surface area contributed by atoms with Gasteiger partial charge in [-0.3, -0.25) is 0 Å². The first kappa shape index (κ1) is 17.7. The van der Waals surface area contributed by atoms with E-state index in [1.54, 1.807) is 36.4 Å². The Kier molecular flexibility index (Phi) is 4.96. The van der Waals surface area contributed by atoms with Crippen LogP contribution in [-0.4, -0.2) is 4.98 Å². The molecule has 0 aliphatic rings. The summed E-state index contributed by atoms with van der Waals surface area (Å²) in [6.07, 6.45) is 0. The molecule has 0 amide bonds. The monoisotopic (exact) mass is 435 g/mol. The smallest absolute Gasteiger partial charge is 0.142 e. The third kappa shape index (κ3) is 3.47. The number of benzene rings is 2. The SMILES string of the molecule is N#Cc1c(-c2ccc(F)c(Br)c2)cc(-c2ccc(Cl)cc2Cl)nc1N. The lowest BCUT2D eigenvalue weighted by Gasteiger charge is -2.12. The van der Waals surface area contributed by atoms with Crippen LogP contribution in [0.25, 0.3) is 22.4 Å². The van der Waals surface area contributed by atoms with Gasteiger partial charge in [-0.2, -0.15) is 5.26 Å². The fourth-order valence-electron chi connectivity index (χ4n) is 2.41. The second kappa shape index (κ2) is 7.01. The predicted octanol–water partition coefficient (Wildman–Crippen LogP) is 6.08. The zero-order chi connectivity index (χ0) is 18.1. The zero-order valence-electron chi connectivity index (χ0n) is 12.5. The molecule has 2 aromatic carbocycles. The largest absolute Gasteiger partial charge is 0.383 e. The topological polar surface area (TPSA) is 62.7 Å². The van der Waals surface area contributed by atoms with Gasteiger partial charge in [0, 0.05) is 16.1 Å². The molecule has 3 aromatic rings. The average molecular weight is 437 g/mol. The highest BCUT2D eigenvalue weighted by molar-refractivity contribution is 9.10. The molecule has 3 nitrogen and oxygen atoms in total. The van der Waals surface area contributed by atoms with Crippen molar-refractivity contribution in [1.82, 2.24) is 4.98 Å². The van der Waals surface area contributed by atoms with E-state index in [9.17, 15) is 9.65 Å². The molecule has 1 aromatic heterocycles. The summed E-state index contributed by atoms with van der Waals surface area (Å²) in [7, 11) is 0. The molecule has 3 rings (SSSR count). The van der Waals surface area contributed by atoms with Gasteiger partial charge in [0.25, 0.3) is 0 Å². The Morgan fingerprint density at radius 3 is 2.48 bits per heavy atom. The molecule has 0 aliphatic carbocycles. The number of nitrogens with two attached hydrogens (primary N) is 1. The number of rotatable bonds is 2. The number of aromatic nitrogens is 1. The van der Waals surface area contributed by atoms with Crippen molar-refractivity contribution in [3.05, 3.63) is 68.4 Å². The normalized spacial score (nSPS) is 10.5. The van der Waals surface area contributed by atoms with Gasteiger partial charge in [-0.05, 0) is 57.9 Å². The average Bonchev–Trinajstić information content (AvgIpc) is 2.56. The van der Waals surface area contributed by atoms with E-state index in [1.807, 2.05) is 6.07 Å². The minimum atomic E-state index is -0.398. The van der Waals surface area contributed by atoms with Crippen molar-refractivity contribution in [2.45, 2.75) is 0 Å². The molecule has 2 N–H and O–H groups in total. The molecule has 0 spiro atoms. The molecule has 0 saturated heterocycles. The van der Waals surface area contributed by atoms with Crippen molar-refractivity contribution in [3.8, 4) is 28.5 Å². The van der Waals surface area contributed by atoms with Crippen LogP contribution in [0.1, 0.15) is 5.56 Å². The lowest BCUT2D eigenvalue weighted by atomic mass is 9.98. The van der Waals surface area contributed by atoms with E-state index in [4.69, 9.17) is 28.9 Å². The molecular formula is C18H9BrCl2FN3. The molecule has 0 fully saturated rings. The number of pyridine rings is 1. The van der Waals surface area contributed by atoms with E-state index in [1.165, 1.54) is 6.07 Å². The second-order valence-electron chi connectivity index (χ2n) is 5.18. The highest BCUT2D eigenvalue weighted by Gasteiger charge is 2.16. The van der Waals surface area contributed by atoms with Gasteiger partial charge in [0.2, 0.25) is 0 Å². The van der Waals surface area contributed by atoms with Crippen LogP contribution in [0, 0.1) is 17.1 Å². The van der Waals surface area contributed by atoms with Crippen LogP contribution in [0.2, 0.25) is 10.0 Å². The molecule has 1 heterocycles. The van der Waals surface area contributed by atoms with Gasteiger partial charge in [0.05, 0.1) is 15.2 Å². The lowest BCUT2D eigenvalue weighted by molar-refractivity contribution is 0.621. The molecule has 0 unspecified atom stereocenters. The number of halogens is 4. The van der Waals surface area contributed by atoms with Crippen molar-refractivity contribution in [2.75, 3.05) is 5.73 Å². The van der Waals surface area contributed by atoms with E-state index < -0.39 is 5.82 Å². The predicted molar refractivity (Wildman–Crippen MR) is 102 cm³/mol. The van der Waals surface area contributed by atoms with Gasteiger partial charge in [-0.25, -0.2) is 9.37 Å². The van der Waals surface area contributed by atoms with Gasteiger partial charge in [0.1, 0.15) is 23.3 Å². The second-order valence-corrected chi connectivity index (χ2v) is 6.88. The van der Waals surface area contributed by atoms with Crippen molar-refractivity contribution >= 4 is 44.9 Å². The number of nitriles is 1. The minimum Gasteiger partial charge on any atom is -0.383 e.